The van der Waals surface area contributed by atoms with E-state index >= 15 is 0 Å². The van der Waals surface area contributed by atoms with E-state index in [1.807, 2.05) is 12.1 Å². The fraction of sp³-hybridized carbons (Fsp3) is 0.435. The second-order valence-corrected chi connectivity index (χ2v) is 7.53. The molecule has 1 amide bonds. The summed E-state index contributed by atoms with van der Waals surface area (Å²) < 4.78 is 0. The van der Waals surface area contributed by atoms with Crippen LogP contribution in [0.1, 0.15) is 56.6 Å². The van der Waals surface area contributed by atoms with E-state index in [1.165, 1.54) is 36.8 Å². The average Bonchev–Trinajstić information content (AvgIpc) is 3.19. The highest BCUT2D eigenvalue weighted by Crippen LogP contribution is 2.31. The summed E-state index contributed by atoms with van der Waals surface area (Å²) in [5.74, 6) is 0.949. The van der Waals surface area contributed by atoms with Crippen molar-refractivity contribution in [3.63, 3.8) is 0 Å². The highest BCUT2D eigenvalue weighted by atomic mass is 16.1. The van der Waals surface area contributed by atoms with Gasteiger partial charge in [-0.15, -0.1) is 0 Å². The molecule has 25 heavy (non-hydrogen) atoms. The predicted molar refractivity (Wildman–Crippen MR) is 104 cm³/mol. The molecule has 132 valence electrons. The molecule has 0 radical (unpaired) electrons. The van der Waals surface area contributed by atoms with Gasteiger partial charge in [0, 0.05) is 18.4 Å². The zero-order valence-corrected chi connectivity index (χ0v) is 15.2. The van der Waals surface area contributed by atoms with Gasteiger partial charge in [0.2, 0.25) is 5.91 Å². The lowest BCUT2D eigenvalue weighted by molar-refractivity contribution is -0.121. The number of carbonyl (C=O) groups excluding carboxylic acids is 1. The third-order valence-corrected chi connectivity index (χ3v) is 5.72. The first-order valence-electron chi connectivity index (χ1n) is 9.56. The molecule has 1 fully saturated rings. The lowest BCUT2D eigenvalue weighted by Gasteiger charge is -2.31. The summed E-state index contributed by atoms with van der Waals surface area (Å²) in [5.41, 5.74) is 2.25. The monoisotopic (exact) mass is 335 g/mol. The number of nitrogens with one attached hydrogen (secondary N) is 1. The van der Waals surface area contributed by atoms with Crippen molar-refractivity contribution >= 4 is 5.91 Å². The van der Waals surface area contributed by atoms with Crippen molar-refractivity contribution in [2.45, 2.75) is 50.9 Å². The van der Waals surface area contributed by atoms with E-state index in [9.17, 15) is 4.79 Å². The zero-order valence-electron chi connectivity index (χ0n) is 15.2. The van der Waals surface area contributed by atoms with E-state index in [1.54, 1.807) is 0 Å². The Morgan fingerprint density at radius 2 is 1.48 bits per heavy atom. The smallest absolute Gasteiger partial charge is 0.220 e. The van der Waals surface area contributed by atoms with Crippen molar-refractivity contribution in [3.8, 4) is 0 Å². The molecule has 0 aliphatic heterocycles. The summed E-state index contributed by atoms with van der Waals surface area (Å²) in [7, 11) is 0. The fourth-order valence-electron chi connectivity index (χ4n) is 3.98. The van der Waals surface area contributed by atoms with Crippen LogP contribution >= 0.6 is 0 Å². The Morgan fingerprint density at radius 1 is 0.960 bits per heavy atom. The third-order valence-electron chi connectivity index (χ3n) is 5.72. The molecule has 0 bridgehead atoms. The van der Waals surface area contributed by atoms with E-state index in [0.717, 1.165) is 12.3 Å². The van der Waals surface area contributed by atoms with Gasteiger partial charge in [-0.2, -0.15) is 0 Å². The van der Waals surface area contributed by atoms with Crippen molar-refractivity contribution in [2.24, 2.45) is 5.92 Å². The van der Waals surface area contributed by atoms with Crippen LogP contribution in [-0.4, -0.2) is 12.5 Å². The molecule has 1 saturated carbocycles. The Balaban J connectivity index is 1.67. The first-order valence-corrected chi connectivity index (χ1v) is 9.56. The van der Waals surface area contributed by atoms with E-state index in [2.05, 4.69) is 60.8 Å². The van der Waals surface area contributed by atoms with Gasteiger partial charge in [-0.1, -0.05) is 86.3 Å². The Kier molecular flexibility index (Phi) is 5.91. The maximum absolute atomic E-state index is 12.4. The molecule has 3 rings (SSSR count). The Bertz CT molecular complexity index is 620. The van der Waals surface area contributed by atoms with Crippen LogP contribution in [0.3, 0.4) is 0 Å². The van der Waals surface area contributed by atoms with Gasteiger partial charge in [-0.25, -0.2) is 0 Å². The highest BCUT2D eigenvalue weighted by Gasteiger charge is 2.29. The van der Waals surface area contributed by atoms with E-state index in [-0.39, 0.29) is 11.3 Å². The van der Waals surface area contributed by atoms with Crippen LogP contribution in [0.4, 0.5) is 0 Å². The van der Waals surface area contributed by atoms with Crippen LogP contribution in [-0.2, 0) is 10.2 Å². The number of amides is 1. The lowest BCUT2D eigenvalue weighted by Crippen LogP contribution is -2.39. The fourth-order valence-corrected chi connectivity index (χ4v) is 3.98. The second-order valence-electron chi connectivity index (χ2n) is 7.53. The van der Waals surface area contributed by atoms with Gasteiger partial charge in [0.25, 0.3) is 0 Å². The molecule has 1 aliphatic rings. The van der Waals surface area contributed by atoms with E-state index in [4.69, 9.17) is 0 Å². The van der Waals surface area contributed by atoms with Gasteiger partial charge in [-0.05, 0) is 30.4 Å². The molecule has 2 heteroatoms. The average molecular weight is 335 g/mol. The Labute approximate surface area is 151 Å². The number of hydrogen-bond donors (Lipinski definition) is 1. The zero-order chi connectivity index (χ0) is 17.5. The van der Waals surface area contributed by atoms with Crippen LogP contribution in [0.2, 0.25) is 0 Å². The highest BCUT2D eigenvalue weighted by molar-refractivity contribution is 5.76. The molecule has 0 spiro atoms. The summed E-state index contributed by atoms with van der Waals surface area (Å²) in [6.45, 7) is 2.85. The summed E-state index contributed by atoms with van der Waals surface area (Å²) in [6, 6.07) is 20.9. The van der Waals surface area contributed by atoms with Crippen molar-refractivity contribution in [2.75, 3.05) is 6.54 Å². The molecule has 2 aromatic rings. The van der Waals surface area contributed by atoms with Crippen molar-refractivity contribution in [1.29, 1.82) is 0 Å². The minimum Gasteiger partial charge on any atom is -0.355 e. The van der Waals surface area contributed by atoms with Crippen LogP contribution in [0.5, 0.6) is 0 Å². The van der Waals surface area contributed by atoms with Crippen LogP contribution < -0.4 is 5.32 Å². The lowest BCUT2D eigenvalue weighted by atomic mass is 9.76. The number of benzene rings is 2. The van der Waals surface area contributed by atoms with Crippen LogP contribution in [0, 0.1) is 5.92 Å². The summed E-state index contributed by atoms with van der Waals surface area (Å²) in [4.78, 5) is 12.4. The standard InChI is InChI=1S/C23H29NO/c1-23(20-12-4-2-5-13-20,21-14-6-3-7-15-21)18-24-22(25)17-16-19-10-8-9-11-19/h2-7,12-15,19H,8-11,16-18H2,1H3,(H,24,25). The van der Waals surface area contributed by atoms with Crippen molar-refractivity contribution in [1.82, 2.24) is 5.32 Å². The quantitative estimate of drug-likeness (QED) is 0.751. The van der Waals surface area contributed by atoms with Gasteiger partial charge in [0.15, 0.2) is 0 Å². The predicted octanol–water partition coefficient (Wildman–Crippen LogP) is 5.08. The Hall–Kier alpha value is -2.09. The van der Waals surface area contributed by atoms with Gasteiger partial charge in [0.1, 0.15) is 0 Å². The normalized spacial score (nSPS) is 15.2. The maximum Gasteiger partial charge on any atom is 0.220 e. The summed E-state index contributed by atoms with van der Waals surface area (Å²) >= 11 is 0. The number of carbonyl (C=O) groups is 1. The molecule has 2 nitrogen and oxygen atoms in total. The molecular formula is C23H29NO. The topological polar surface area (TPSA) is 29.1 Å². The molecule has 0 saturated heterocycles. The minimum absolute atomic E-state index is 0.185. The third kappa shape index (κ3) is 4.50. The van der Waals surface area contributed by atoms with Crippen LogP contribution in [0.25, 0.3) is 0 Å². The minimum atomic E-state index is -0.217. The molecule has 1 N–H and O–H groups in total. The molecule has 0 aromatic heterocycles. The Morgan fingerprint density at radius 3 is 2.00 bits per heavy atom. The molecule has 2 aromatic carbocycles. The SMILES string of the molecule is CC(CNC(=O)CCC1CCCC1)(c1ccccc1)c1ccccc1. The molecular weight excluding hydrogens is 306 g/mol. The van der Waals surface area contributed by atoms with Crippen LogP contribution in [0.15, 0.2) is 60.7 Å². The van der Waals surface area contributed by atoms with E-state index in [0.29, 0.717) is 13.0 Å². The van der Waals surface area contributed by atoms with Gasteiger partial charge in [-0.3, -0.25) is 4.79 Å². The summed E-state index contributed by atoms with van der Waals surface area (Å²) in [6.07, 6.45) is 6.99. The molecule has 0 atom stereocenters. The van der Waals surface area contributed by atoms with Gasteiger partial charge < -0.3 is 5.32 Å². The van der Waals surface area contributed by atoms with E-state index < -0.39 is 0 Å². The van der Waals surface area contributed by atoms with Crippen molar-refractivity contribution < 1.29 is 4.79 Å². The van der Waals surface area contributed by atoms with Gasteiger partial charge in [0.05, 0.1) is 0 Å². The summed E-state index contributed by atoms with van der Waals surface area (Å²) in [5, 5.41) is 3.21. The van der Waals surface area contributed by atoms with Crippen molar-refractivity contribution in [3.05, 3.63) is 71.8 Å². The second kappa shape index (κ2) is 8.33. The maximum atomic E-state index is 12.4. The largest absolute Gasteiger partial charge is 0.355 e. The molecule has 0 heterocycles. The first-order chi connectivity index (χ1) is 12.2. The van der Waals surface area contributed by atoms with Gasteiger partial charge >= 0.3 is 0 Å². The number of hydrogen-bond acceptors (Lipinski definition) is 1. The molecule has 0 unspecified atom stereocenters. The molecule has 1 aliphatic carbocycles. The first kappa shape index (κ1) is 17.7. The number of rotatable bonds is 7.